The van der Waals surface area contributed by atoms with E-state index in [2.05, 4.69) is 34.1 Å². The number of rotatable bonds is 3. The Balaban J connectivity index is 2.08. The van der Waals surface area contributed by atoms with E-state index in [-0.39, 0.29) is 0 Å². The highest BCUT2D eigenvalue weighted by atomic mass is 35.5. The van der Waals surface area contributed by atoms with E-state index in [0.717, 1.165) is 16.8 Å². The molecule has 3 rings (SSSR count). The molecule has 2 N–H and O–H groups in total. The molecule has 6 heteroatoms. The van der Waals surface area contributed by atoms with Crippen LogP contribution in [0.5, 0.6) is 5.75 Å². The molecule has 0 atom stereocenters. The van der Waals surface area contributed by atoms with E-state index in [1.54, 1.807) is 13.2 Å². The summed E-state index contributed by atoms with van der Waals surface area (Å²) in [5.41, 5.74) is 3.91. The molecule has 0 fully saturated rings. The molecule has 0 amide bonds. The molecular weight excluding hydrogens is 288 g/mol. The normalized spacial score (nSPS) is 10.9. The number of benzene rings is 1. The number of nitrogens with one attached hydrogen (secondary N) is 2. The monoisotopic (exact) mass is 302 g/mol. The van der Waals surface area contributed by atoms with Gasteiger partial charge in [-0.15, -0.1) is 0 Å². The van der Waals surface area contributed by atoms with Crippen LogP contribution in [0, 0.1) is 13.8 Å². The van der Waals surface area contributed by atoms with Crippen LogP contribution < -0.4 is 10.1 Å². The lowest BCUT2D eigenvalue weighted by molar-refractivity contribution is 0.416. The van der Waals surface area contributed by atoms with Gasteiger partial charge in [0.2, 0.25) is 0 Å². The van der Waals surface area contributed by atoms with Gasteiger partial charge in [0.1, 0.15) is 28.7 Å². The van der Waals surface area contributed by atoms with Crippen LogP contribution in [0.15, 0.2) is 24.5 Å². The first-order chi connectivity index (χ1) is 10.1. The van der Waals surface area contributed by atoms with Crippen molar-refractivity contribution in [2.75, 3.05) is 12.4 Å². The average Bonchev–Trinajstić information content (AvgIpc) is 2.84. The molecule has 2 aromatic heterocycles. The van der Waals surface area contributed by atoms with Crippen molar-refractivity contribution in [1.82, 2.24) is 15.0 Å². The van der Waals surface area contributed by atoms with Gasteiger partial charge in [-0.25, -0.2) is 9.97 Å². The first-order valence-electron chi connectivity index (χ1n) is 6.50. The van der Waals surface area contributed by atoms with Gasteiger partial charge < -0.3 is 15.0 Å². The highest BCUT2D eigenvalue weighted by Gasteiger charge is 2.11. The summed E-state index contributed by atoms with van der Waals surface area (Å²) in [4.78, 5) is 11.4. The van der Waals surface area contributed by atoms with Crippen molar-refractivity contribution in [3.05, 3.63) is 40.8 Å². The third-order valence-electron chi connectivity index (χ3n) is 3.46. The summed E-state index contributed by atoms with van der Waals surface area (Å²) < 4.78 is 5.43. The summed E-state index contributed by atoms with van der Waals surface area (Å²) in [7, 11) is 1.65. The largest absolute Gasteiger partial charge is 0.495 e. The first-order valence-corrected chi connectivity index (χ1v) is 6.87. The number of anilines is 2. The minimum absolute atomic E-state index is 0.528. The maximum atomic E-state index is 5.99. The Morgan fingerprint density at radius 2 is 1.90 bits per heavy atom. The van der Waals surface area contributed by atoms with Gasteiger partial charge in [-0.1, -0.05) is 11.6 Å². The van der Waals surface area contributed by atoms with Crippen LogP contribution in [0.1, 0.15) is 11.1 Å². The third kappa shape index (κ3) is 2.52. The van der Waals surface area contributed by atoms with Gasteiger partial charge in [0.25, 0.3) is 0 Å². The number of aromatic nitrogens is 3. The predicted molar refractivity (Wildman–Crippen MR) is 84.6 cm³/mol. The quantitative estimate of drug-likeness (QED) is 0.768. The number of nitrogens with zero attached hydrogens (tertiary/aromatic N) is 2. The number of hydrogen-bond acceptors (Lipinski definition) is 4. The number of H-pyrrole nitrogens is 1. The summed E-state index contributed by atoms with van der Waals surface area (Å²) in [6.45, 7) is 4.11. The fourth-order valence-electron chi connectivity index (χ4n) is 2.19. The Morgan fingerprint density at radius 3 is 2.67 bits per heavy atom. The van der Waals surface area contributed by atoms with Gasteiger partial charge in [-0.05, 0) is 43.2 Å². The van der Waals surface area contributed by atoms with Crippen molar-refractivity contribution in [3.8, 4) is 5.75 Å². The van der Waals surface area contributed by atoms with Gasteiger partial charge in [0.05, 0.1) is 18.2 Å². The molecule has 0 aliphatic carbocycles. The van der Waals surface area contributed by atoms with Crippen LogP contribution in [0.25, 0.3) is 11.0 Å². The number of ether oxygens (including phenoxy) is 1. The predicted octanol–water partition coefficient (Wildman–Crippen LogP) is 3.98. The molecule has 21 heavy (non-hydrogen) atoms. The van der Waals surface area contributed by atoms with E-state index in [1.165, 1.54) is 17.5 Å². The first kappa shape index (κ1) is 13.7. The highest BCUT2D eigenvalue weighted by molar-refractivity contribution is 6.30. The molecule has 5 nitrogen and oxygen atoms in total. The number of halogens is 1. The van der Waals surface area contributed by atoms with Gasteiger partial charge in [0.15, 0.2) is 0 Å². The topological polar surface area (TPSA) is 62.8 Å². The van der Waals surface area contributed by atoms with E-state index < -0.39 is 0 Å². The standard InChI is InChI=1S/C15H15ClN4O/c1-8-4-11(12(21-3)5-9(8)2)19-14-10-6-13(16)20-15(10)18-7-17-14/h4-7H,1-3H3,(H2,17,18,19,20). The molecule has 0 bridgehead atoms. The summed E-state index contributed by atoms with van der Waals surface area (Å²) in [6.07, 6.45) is 1.49. The van der Waals surface area contributed by atoms with Crippen LogP contribution in [-0.4, -0.2) is 22.1 Å². The summed E-state index contributed by atoms with van der Waals surface area (Å²) in [5.74, 6) is 1.45. The minimum atomic E-state index is 0.528. The van der Waals surface area contributed by atoms with Crippen LogP contribution in [0.3, 0.4) is 0 Å². The molecule has 108 valence electrons. The number of fused-ring (bicyclic) bond motifs is 1. The summed E-state index contributed by atoms with van der Waals surface area (Å²) in [6, 6.07) is 5.84. The average molecular weight is 303 g/mol. The molecule has 0 spiro atoms. The maximum Gasteiger partial charge on any atom is 0.144 e. The molecule has 0 saturated heterocycles. The van der Waals surface area contributed by atoms with Crippen molar-refractivity contribution in [3.63, 3.8) is 0 Å². The Morgan fingerprint density at radius 1 is 1.14 bits per heavy atom. The van der Waals surface area contributed by atoms with E-state index in [0.29, 0.717) is 16.6 Å². The minimum Gasteiger partial charge on any atom is -0.495 e. The van der Waals surface area contributed by atoms with E-state index >= 15 is 0 Å². The number of aryl methyl sites for hydroxylation is 2. The fourth-order valence-corrected chi connectivity index (χ4v) is 2.39. The molecule has 0 unspecified atom stereocenters. The van der Waals surface area contributed by atoms with Crippen molar-refractivity contribution in [2.45, 2.75) is 13.8 Å². The van der Waals surface area contributed by atoms with Crippen molar-refractivity contribution in [2.24, 2.45) is 0 Å². The fraction of sp³-hybridized carbons (Fsp3) is 0.200. The molecule has 0 saturated carbocycles. The Labute approximate surface area is 127 Å². The Kier molecular flexibility index (Phi) is 3.43. The SMILES string of the molecule is COc1cc(C)c(C)cc1Nc1ncnc2[nH]c(Cl)cc12. The van der Waals surface area contributed by atoms with Crippen molar-refractivity contribution >= 4 is 34.1 Å². The molecule has 2 heterocycles. The maximum absolute atomic E-state index is 5.99. The third-order valence-corrected chi connectivity index (χ3v) is 3.67. The second kappa shape index (κ2) is 5.26. The highest BCUT2D eigenvalue weighted by Crippen LogP contribution is 2.32. The van der Waals surface area contributed by atoms with Crippen LogP contribution in [0.2, 0.25) is 5.15 Å². The number of methoxy groups -OCH3 is 1. The molecule has 0 radical (unpaired) electrons. The van der Waals surface area contributed by atoms with E-state index in [9.17, 15) is 0 Å². The second-order valence-corrected chi connectivity index (χ2v) is 5.27. The van der Waals surface area contributed by atoms with Gasteiger partial charge in [0, 0.05) is 0 Å². The molecule has 0 aliphatic heterocycles. The number of aromatic amines is 1. The zero-order valence-electron chi connectivity index (χ0n) is 12.0. The lowest BCUT2D eigenvalue weighted by Gasteiger charge is -2.13. The van der Waals surface area contributed by atoms with E-state index in [1.807, 2.05) is 12.1 Å². The van der Waals surface area contributed by atoms with Crippen LogP contribution in [-0.2, 0) is 0 Å². The Hall–Kier alpha value is -2.27. The van der Waals surface area contributed by atoms with Crippen LogP contribution >= 0.6 is 11.6 Å². The van der Waals surface area contributed by atoms with Crippen LogP contribution in [0.4, 0.5) is 11.5 Å². The van der Waals surface area contributed by atoms with Crippen molar-refractivity contribution in [1.29, 1.82) is 0 Å². The lowest BCUT2D eigenvalue weighted by Crippen LogP contribution is -1.99. The smallest absolute Gasteiger partial charge is 0.144 e. The second-order valence-electron chi connectivity index (χ2n) is 4.86. The summed E-state index contributed by atoms with van der Waals surface area (Å²) in [5, 5.41) is 4.66. The Bertz CT molecular complexity index is 813. The van der Waals surface area contributed by atoms with Gasteiger partial charge in [-0.3, -0.25) is 0 Å². The lowest BCUT2D eigenvalue weighted by atomic mass is 10.1. The number of hydrogen-bond donors (Lipinski definition) is 2. The van der Waals surface area contributed by atoms with Gasteiger partial charge in [-0.2, -0.15) is 0 Å². The zero-order valence-corrected chi connectivity index (χ0v) is 12.7. The van der Waals surface area contributed by atoms with E-state index in [4.69, 9.17) is 16.3 Å². The molecule has 0 aliphatic rings. The molecule has 3 aromatic rings. The molecule has 1 aromatic carbocycles. The van der Waals surface area contributed by atoms with Gasteiger partial charge >= 0.3 is 0 Å². The zero-order chi connectivity index (χ0) is 15.0. The molecular formula is C15H15ClN4O. The summed E-state index contributed by atoms with van der Waals surface area (Å²) >= 11 is 5.99. The van der Waals surface area contributed by atoms with Crippen molar-refractivity contribution < 1.29 is 4.74 Å².